The van der Waals surface area contributed by atoms with Gasteiger partial charge in [0, 0.05) is 37.5 Å². The minimum absolute atomic E-state index is 0.00243. The van der Waals surface area contributed by atoms with Crippen molar-refractivity contribution in [3.8, 4) is 11.3 Å². The molecule has 2 aromatic heterocycles. The predicted molar refractivity (Wildman–Crippen MR) is 128 cm³/mol. The molecular formula is C24H25ClF3N3O2S. The molecule has 0 bridgehead atoms. The Hall–Kier alpha value is -2.49. The van der Waals surface area contributed by atoms with Crippen LogP contribution in [0.4, 0.5) is 13.2 Å². The molecule has 0 saturated heterocycles. The van der Waals surface area contributed by atoms with Crippen molar-refractivity contribution in [1.29, 1.82) is 0 Å². The summed E-state index contributed by atoms with van der Waals surface area (Å²) in [5, 5.41) is 0.193. The zero-order valence-corrected chi connectivity index (χ0v) is 21.0. The van der Waals surface area contributed by atoms with E-state index in [1.54, 1.807) is 44.2 Å². The van der Waals surface area contributed by atoms with E-state index >= 15 is 0 Å². The molecule has 0 saturated carbocycles. The van der Waals surface area contributed by atoms with Crippen LogP contribution < -0.4 is 0 Å². The quantitative estimate of drug-likeness (QED) is 0.393. The zero-order valence-electron chi connectivity index (χ0n) is 19.4. The molecule has 0 N–H and O–H groups in total. The number of hydrogen-bond donors (Lipinski definition) is 0. The first-order chi connectivity index (χ1) is 15.8. The summed E-state index contributed by atoms with van der Waals surface area (Å²) in [5.41, 5.74) is -0.629. The smallest absolute Gasteiger partial charge is 0.431 e. The molecule has 5 nitrogen and oxygen atoms in total. The van der Waals surface area contributed by atoms with Gasteiger partial charge in [-0.1, -0.05) is 41.9 Å². The van der Waals surface area contributed by atoms with Crippen molar-refractivity contribution in [1.82, 2.24) is 14.5 Å². The second kappa shape index (κ2) is 10.0. The normalized spacial score (nSPS) is 12.8. The van der Waals surface area contributed by atoms with E-state index in [0.717, 1.165) is 4.57 Å². The summed E-state index contributed by atoms with van der Waals surface area (Å²) in [6.07, 6.45) is -2.09. The molecule has 0 aliphatic rings. The Kier molecular flexibility index (Phi) is 7.69. The second-order valence-corrected chi connectivity index (χ2v) is 10.0. The third-order valence-electron chi connectivity index (χ3n) is 5.62. The van der Waals surface area contributed by atoms with Crippen LogP contribution in [0.15, 0.2) is 47.5 Å². The number of pyridine rings is 1. The average molecular weight is 512 g/mol. The van der Waals surface area contributed by atoms with Gasteiger partial charge in [0.15, 0.2) is 4.90 Å². The highest BCUT2D eigenvalue weighted by molar-refractivity contribution is 7.90. The maximum absolute atomic E-state index is 14.4. The van der Waals surface area contributed by atoms with Gasteiger partial charge in [-0.25, -0.2) is 4.98 Å². The van der Waals surface area contributed by atoms with Crippen molar-refractivity contribution in [3.05, 3.63) is 70.1 Å². The minimum Gasteiger partial charge on any atom is -0.612 e. The largest absolute Gasteiger partial charge is 0.612 e. The van der Waals surface area contributed by atoms with Gasteiger partial charge in [0.25, 0.3) is 5.91 Å². The number of rotatable bonds is 6. The van der Waals surface area contributed by atoms with Gasteiger partial charge in [0.05, 0.1) is 5.02 Å². The molecule has 0 spiro atoms. The van der Waals surface area contributed by atoms with Crippen LogP contribution in [0.25, 0.3) is 11.3 Å². The molecule has 0 radical (unpaired) electrons. The highest BCUT2D eigenvalue weighted by Crippen LogP contribution is 2.43. The SMILES string of the molecule is Cc1c(-c2ncc(Cl)cc2[S+](C)[O-])c(C(=O)N(C)C(C)C)n(Cc2ccccc2)c1C(F)(F)F. The number of hydrogen-bond acceptors (Lipinski definition) is 3. The molecule has 0 aliphatic heterocycles. The van der Waals surface area contributed by atoms with Gasteiger partial charge in [-0.05, 0) is 43.1 Å². The molecule has 1 amide bonds. The Morgan fingerprint density at radius 3 is 2.41 bits per heavy atom. The zero-order chi connectivity index (χ0) is 25.4. The molecule has 0 aliphatic carbocycles. The molecular weight excluding hydrogens is 487 g/mol. The Morgan fingerprint density at radius 1 is 1.26 bits per heavy atom. The van der Waals surface area contributed by atoms with E-state index in [-0.39, 0.29) is 45.0 Å². The van der Waals surface area contributed by atoms with Crippen LogP contribution in [-0.4, -0.2) is 44.3 Å². The number of amides is 1. The van der Waals surface area contributed by atoms with Crippen molar-refractivity contribution >= 4 is 28.7 Å². The fourth-order valence-electron chi connectivity index (χ4n) is 3.78. The van der Waals surface area contributed by atoms with E-state index in [2.05, 4.69) is 4.98 Å². The molecule has 1 aromatic carbocycles. The monoisotopic (exact) mass is 511 g/mol. The topological polar surface area (TPSA) is 61.2 Å². The average Bonchev–Trinajstić information content (AvgIpc) is 3.04. The second-order valence-electron chi connectivity index (χ2n) is 8.23. The first-order valence-electron chi connectivity index (χ1n) is 10.4. The summed E-state index contributed by atoms with van der Waals surface area (Å²) in [6.45, 7) is 4.67. The van der Waals surface area contributed by atoms with Gasteiger partial charge < -0.3 is 14.0 Å². The lowest BCUT2D eigenvalue weighted by Gasteiger charge is -2.24. The van der Waals surface area contributed by atoms with E-state index < -0.39 is 29.0 Å². The van der Waals surface area contributed by atoms with E-state index in [0.29, 0.717) is 5.56 Å². The highest BCUT2D eigenvalue weighted by atomic mass is 35.5. The van der Waals surface area contributed by atoms with Crippen LogP contribution >= 0.6 is 11.6 Å². The number of nitrogens with zero attached hydrogens (tertiary/aromatic N) is 3. The van der Waals surface area contributed by atoms with Gasteiger partial charge in [0.2, 0.25) is 0 Å². The Balaban J connectivity index is 2.45. The summed E-state index contributed by atoms with van der Waals surface area (Å²) < 4.78 is 56.8. The number of alkyl halides is 3. The molecule has 3 rings (SSSR count). The third-order valence-corrected chi connectivity index (χ3v) is 6.76. The number of carbonyl (C=O) groups excluding carboxylic acids is 1. The molecule has 10 heteroatoms. The molecule has 182 valence electrons. The van der Waals surface area contributed by atoms with Crippen LogP contribution in [0.2, 0.25) is 5.02 Å². The van der Waals surface area contributed by atoms with Gasteiger partial charge in [-0.15, -0.1) is 0 Å². The van der Waals surface area contributed by atoms with Crippen LogP contribution in [0.3, 0.4) is 0 Å². The van der Waals surface area contributed by atoms with Crippen molar-refractivity contribution in [2.75, 3.05) is 13.3 Å². The van der Waals surface area contributed by atoms with Crippen LogP contribution in [0.1, 0.15) is 41.2 Å². The maximum atomic E-state index is 14.4. The summed E-state index contributed by atoms with van der Waals surface area (Å²) in [6, 6.07) is 9.74. The highest BCUT2D eigenvalue weighted by Gasteiger charge is 2.42. The van der Waals surface area contributed by atoms with Crippen molar-refractivity contribution < 1.29 is 22.5 Å². The number of carbonyl (C=O) groups is 1. The number of aromatic nitrogens is 2. The first kappa shape index (κ1) is 26.1. The number of benzene rings is 1. The van der Waals surface area contributed by atoms with Crippen molar-refractivity contribution in [2.24, 2.45) is 0 Å². The van der Waals surface area contributed by atoms with Crippen molar-refractivity contribution in [2.45, 2.75) is 44.4 Å². The summed E-state index contributed by atoms with van der Waals surface area (Å²) in [5.74, 6) is -0.593. The standard InChI is InChI=1S/C24H25ClF3N3O2S/c1-14(2)30(4)23(32)21-19(20-18(34(5)33)11-17(25)12-29-20)15(3)22(24(26,27)28)31(21)13-16-9-7-6-8-10-16/h6-12,14H,13H2,1-5H3. The predicted octanol–water partition coefficient (Wildman–Crippen LogP) is 5.80. The Bertz CT molecular complexity index is 1190. The van der Waals surface area contributed by atoms with Gasteiger partial charge >= 0.3 is 6.18 Å². The molecule has 34 heavy (non-hydrogen) atoms. The minimum atomic E-state index is -4.75. The summed E-state index contributed by atoms with van der Waals surface area (Å²) >= 11 is 4.42. The Morgan fingerprint density at radius 2 is 1.88 bits per heavy atom. The lowest BCUT2D eigenvalue weighted by molar-refractivity contribution is -0.143. The third kappa shape index (κ3) is 5.11. The van der Waals surface area contributed by atoms with E-state index in [1.807, 2.05) is 0 Å². The Labute approximate surface area is 204 Å². The molecule has 1 atom stereocenters. The molecule has 1 unspecified atom stereocenters. The lowest BCUT2D eigenvalue weighted by Crippen LogP contribution is -2.35. The van der Waals surface area contributed by atoms with E-state index in [1.165, 1.54) is 37.4 Å². The van der Waals surface area contributed by atoms with Crippen LogP contribution in [0.5, 0.6) is 0 Å². The van der Waals surface area contributed by atoms with Gasteiger partial charge in [-0.3, -0.25) is 4.79 Å². The molecule has 2 heterocycles. The fraction of sp³-hybridized carbons (Fsp3) is 0.333. The lowest BCUT2D eigenvalue weighted by atomic mass is 10.0. The van der Waals surface area contributed by atoms with E-state index in [9.17, 15) is 22.5 Å². The van der Waals surface area contributed by atoms with E-state index in [4.69, 9.17) is 11.6 Å². The van der Waals surface area contributed by atoms with Crippen molar-refractivity contribution in [3.63, 3.8) is 0 Å². The fourth-order valence-corrected chi connectivity index (χ4v) is 4.72. The number of halogens is 4. The van der Waals surface area contributed by atoms with Crippen LogP contribution in [-0.2, 0) is 23.9 Å². The molecule has 3 aromatic rings. The van der Waals surface area contributed by atoms with Crippen LogP contribution in [0, 0.1) is 6.92 Å². The van der Waals surface area contributed by atoms with Gasteiger partial charge in [-0.2, -0.15) is 13.2 Å². The summed E-state index contributed by atoms with van der Waals surface area (Å²) in [7, 11) is 1.54. The summed E-state index contributed by atoms with van der Waals surface area (Å²) in [4.78, 5) is 19.4. The molecule has 0 fully saturated rings. The maximum Gasteiger partial charge on any atom is 0.431 e. The first-order valence-corrected chi connectivity index (χ1v) is 12.4. The van der Waals surface area contributed by atoms with Gasteiger partial charge in [0.1, 0.15) is 23.3 Å².